The molecular formula is C19H32. The van der Waals surface area contributed by atoms with Crippen LogP contribution in [0.5, 0.6) is 0 Å². The maximum atomic E-state index is 2.30. The predicted octanol–water partition coefficient (Wildman–Crippen LogP) is 6.76. The Bertz CT molecular complexity index is 238. The van der Waals surface area contributed by atoms with Crippen LogP contribution in [0, 0.1) is 0 Å². The Morgan fingerprint density at radius 2 is 0.789 bits per heavy atom. The third kappa shape index (κ3) is 17.0. The fourth-order valence-corrected chi connectivity index (χ4v) is 1.69. The molecule has 0 spiro atoms. The Kier molecular flexibility index (Phi) is 16.0. The molecule has 0 saturated carbocycles. The molecule has 0 heteroatoms. The molecule has 0 radical (unpaired) electrons. The van der Waals surface area contributed by atoms with E-state index in [1.54, 1.807) is 0 Å². The summed E-state index contributed by atoms with van der Waals surface area (Å²) in [6, 6.07) is 0. The van der Waals surface area contributed by atoms with Crippen molar-refractivity contribution >= 4 is 0 Å². The SMILES string of the molecule is CCCC/C=C\C/C=C\C/C=C\C/C=C\CCCC. The van der Waals surface area contributed by atoms with Gasteiger partial charge in [0.05, 0.1) is 0 Å². The summed E-state index contributed by atoms with van der Waals surface area (Å²) in [4.78, 5) is 0. The first-order valence-corrected chi connectivity index (χ1v) is 8.01. The minimum absolute atomic E-state index is 1.06. The third-order valence-corrected chi connectivity index (χ3v) is 2.93. The zero-order chi connectivity index (χ0) is 14.0. The number of hydrogen-bond acceptors (Lipinski definition) is 0. The van der Waals surface area contributed by atoms with Crippen molar-refractivity contribution in [2.75, 3.05) is 0 Å². The highest BCUT2D eigenvalue weighted by Gasteiger charge is 1.78. The van der Waals surface area contributed by atoms with Gasteiger partial charge in [0.1, 0.15) is 0 Å². The summed E-state index contributed by atoms with van der Waals surface area (Å²) in [7, 11) is 0. The van der Waals surface area contributed by atoms with Crippen molar-refractivity contribution in [2.45, 2.75) is 71.6 Å². The van der Waals surface area contributed by atoms with Crippen molar-refractivity contribution in [1.82, 2.24) is 0 Å². The maximum absolute atomic E-state index is 2.30. The van der Waals surface area contributed by atoms with E-state index in [0.29, 0.717) is 0 Å². The second-order valence-corrected chi connectivity index (χ2v) is 4.88. The van der Waals surface area contributed by atoms with Gasteiger partial charge in [0.25, 0.3) is 0 Å². The molecule has 0 saturated heterocycles. The molecule has 0 atom stereocenters. The van der Waals surface area contributed by atoms with Crippen molar-refractivity contribution in [3.8, 4) is 0 Å². The van der Waals surface area contributed by atoms with Crippen molar-refractivity contribution in [1.29, 1.82) is 0 Å². The van der Waals surface area contributed by atoms with Gasteiger partial charge in [-0.1, -0.05) is 88.1 Å². The first-order valence-electron chi connectivity index (χ1n) is 8.01. The minimum atomic E-state index is 1.06. The van der Waals surface area contributed by atoms with E-state index >= 15 is 0 Å². The normalized spacial score (nSPS) is 12.7. The predicted molar refractivity (Wildman–Crippen MR) is 89.5 cm³/mol. The topological polar surface area (TPSA) is 0 Å². The van der Waals surface area contributed by atoms with Gasteiger partial charge in [-0.2, -0.15) is 0 Å². The molecule has 0 aromatic carbocycles. The molecule has 0 aromatic heterocycles. The van der Waals surface area contributed by atoms with Gasteiger partial charge in [-0.15, -0.1) is 0 Å². The zero-order valence-electron chi connectivity index (χ0n) is 13.0. The average molecular weight is 260 g/mol. The molecule has 0 bridgehead atoms. The lowest BCUT2D eigenvalue weighted by Gasteiger charge is -1.88. The molecule has 0 fully saturated rings. The highest BCUT2D eigenvalue weighted by atomic mass is 13.8. The van der Waals surface area contributed by atoms with Crippen LogP contribution in [-0.2, 0) is 0 Å². The Morgan fingerprint density at radius 1 is 0.474 bits per heavy atom. The highest BCUT2D eigenvalue weighted by Crippen LogP contribution is 1.99. The van der Waals surface area contributed by atoms with E-state index in [9.17, 15) is 0 Å². The Balaban J connectivity index is 3.36. The van der Waals surface area contributed by atoms with Crippen LogP contribution in [0.3, 0.4) is 0 Å². The van der Waals surface area contributed by atoms with E-state index in [-0.39, 0.29) is 0 Å². The van der Waals surface area contributed by atoms with Crippen LogP contribution in [0.1, 0.15) is 71.6 Å². The second-order valence-electron chi connectivity index (χ2n) is 4.88. The molecule has 0 N–H and O–H groups in total. The van der Waals surface area contributed by atoms with E-state index in [0.717, 1.165) is 19.3 Å². The van der Waals surface area contributed by atoms with Crippen molar-refractivity contribution in [2.24, 2.45) is 0 Å². The fraction of sp³-hybridized carbons (Fsp3) is 0.579. The monoisotopic (exact) mass is 260 g/mol. The van der Waals surface area contributed by atoms with Crippen molar-refractivity contribution in [3.05, 3.63) is 48.6 Å². The molecule has 0 nitrogen and oxygen atoms in total. The summed E-state index contributed by atoms with van der Waals surface area (Å²) in [6.07, 6.45) is 29.0. The molecule has 108 valence electrons. The van der Waals surface area contributed by atoms with Crippen molar-refractivity contribution < 1.29 is 0 Å². The van der Waals surface area contributed by atoms with Gasteiger partial charge in [0.15, 0.2) is 0 Å². The lowest BCUT2D eigenvalue weighted by Crippen LogP contribution is -1.67. The van der Waals surface area contributed by atoms with Crippen LogP contribution < -0.4 is 0 Å². The summed E-state index contributed by atoms with van der Waals surface area (Å²) >= 11 is 0. The molecule has 0 heterocycles. The second kappa shape index (κ2) is 17.0. The molecule has 0 amide bonds. The standard InChI is InChI=1S/C19H32/c1-3-5-7-9-11-13-15-17-19-18-16-14-12-10-8-6-4-2/h9-12,15-18H,3-8,13-14,19H2,1-2H3/b11-9-,12-10-,17-15-,18-16-. The van der Waals surface area contributed by atoms with E-state index in [1.165, 1.54) is 38.5 Å². The van der Waals surface area contributed by atoms with Gasteiger partial charge in [-0.05, 0) is 32.1 Å². The van der Waals surface area contributed by atoms with Gasteiger partial charge >= 0.3 is 0 Å². The summed E-state index contributed by atoms with van der Waals surface area (Å²) in [5.41, 5.74) is 0. The number of unbranched alkanes of at least 4 members (excludes halogenated alkanes) is 4. The summed E-state index contributed by atoms with van der Waals surface area (Å²) in [6.45, 7) is 4.47. The van der Waals surface area contributed by atoms with Crippen LogP contribution in [0.25, 0.3) is 0 Å². The average Bonchev–Trinajstić information content (AvgIpc) is 2.43. The molecule has 0 aliphatic carbocycles. The van der Waals surface area contributed by atoms with Crippen LogP contribution in [0.4, 0.5) is 0 Å². The van der Waals surface area contributed by atoms with Gasteiger partial charge in [-0.3, -0.25) is 0 Å². The molecule has 0 aromatic rings. The number of allylic oxidation sites excluding steroid dienone is 8. The summed E-state index contributed by atoms with van der Waals surface area (Å²) in [5.74, 6) is 0. The molecule has 0 rings (SSSR count). The van der Waals surface area contributed by atoms with Crippen molar-refractivity contribution in [3.63, 3.8) is 0 Å². The van der Waals surface area contributed by atoms with E-state index < -0.39 is 0 Å². The first kappa shape index (κ1) is 18.0. The fourth-order valence-electron chi connectivity index (χ4n) is 1.69. The highest BCUT2D eigenvalue weighted by molar-refractivity contribution is 4.99. The van der Waals surface area contributed by atoms with Crippen LogP contribution in [-0.4, -0.2) is 0 Å². The molecule has 0 aliphatic heterocycles. The molecule has 19 heavy (non-hydrogen) atoms. The van der Waals surface area contributed by atoms with E-state index in [2.05, 4.69) is 62.5 Å². The van der Waals surface area contributed by atoms with Crippen LogP contribution in [0.2, 0.25) is 0 Å². The smallest absolute Gasteiger partial charge is 0.0169 e. The minimum Gasteiger partial charge on any atom is -0.0882 e. The first-order chi connectivity index (χ1) is 9.41. The molecule has 0 aliphatic rings. The number of rotatable bonds is 12. The Morgan fingerprint density at radius 3 is 1.11 bits per heavy atom. The van der Waals surface area contributed by atoms with E-state index in [1.807, 2.05) is 0 Å². The van der Waals surface area contributed by atoms with Gasteiger partial charge in [-0.25, -0.2) is 0 Å². The summed E-state index contributed by atoms with van der Waals surface area (Å²) < 4.78 is 0. The quantitative estimate of drug-likeness (QED) is 0.268. The molecular weight excluding hydrogens is 228 g/mol. The van der Waals surface area contributed by atoms with E-state index in [4.69, 9.17) is 0 Å². The van der Waals surface area contributed by atoms with Crippen LogP contribution in [0.15, 0.2) is 48.6 Å². The maximum Gasteiger partial charge on any atom is -0.0169 e. The number of hydrogen-bond donors (Lipinski definition) is 0. The third-order valence-electron chi connectivity index (χ3n) is 2.93. The largest absolute Gasteiger partial charge is 0.0882 e. The van der Waals surface area contributed by atoms with Gasteiger partial charge in [0.2, 0.25) is 0 Å². The van der Waals surface area contributed by atoms with Gasteiger partial charge in [0, 0.05) is 0 Å². The van der Waals surface area contributed by atoms with Gasteiger partial charge < -0.3 is 0 Å². The molecule has 0 unspecified atom stereocenters. The lowest BCUT2D eigenvalue weighted by molar-refractivity contribution is 0.813. The zero-order valence-corrected chi connectivity index (χ0v) is 13.0. The Labute approximate surface area is 121 Å². The Hall–Kier alpha value is -1.04. The summed E-state index contributed by atoms with van der Waals surface area (Å²) in [5, 5.41) is 0. The van der Waals surface area contributed by atoms with Crippen LogP contribution >= 0.6 is 0 Å². The lowest BCUT2D eigenvalue weighted by atomic mass is 10.2.